The first-order valence-electron chi connectivity index (χ1n) is 9.79. The number of aromatic amines is 1. The molecular formula is C21H21F3N4O3. The van der Waals surface area contributed by atoms with E-state index in [1.165, 1.54) is 18.2 Å². The van der Waals surface area contributed by atoms with E-state index in [0.717, 1.165) is 0 Å². The normalized spacial score (nSPS) is 16.0. The third-order valence-electron chi connectivity index (χ3n) is 4.88. The van der Waals surface area contributed by atoms with Crippen LogP contribution in [0.1, 0.15) is 12.7 Å². The standard InChI is InChI=1S/C21H21F3N4O3/c1-2-28(10-14-12-30-17-5-3-4-6-18(17)31-14)11-19(29)25-13-7-8-15-16(9-13)27-20(26-15)21(22,23)24/h3-9,14H,2,10-12H2,1H3,(H,25,29)(H,26,27). The van der Waals surface area contributed by atoms with Gasteiger partial charge in [0.15, 0.2) is 11.5 Å². The maximum absolute atomic E-state index is 12.8. The second-order valence-corrected chi connectivity index (χ2v) is 7.19. The molecule has 31 heavy (non-hydrogen) atoms. The van der Waals surface area contributed by atoms with Crippen molar-refractivity contribution >= 4 is 22.6 Å². The molecular weight excluding hydrogens is 413 g/mol. The summed E-state index contributed by atoms with van der Waals surface area (Å²) in [6.45, 7) is 3.52. The van der Waals surface area contributed by atoms with Crippen LogP contribution in [0.2, 0.25) is 0 Å². The number of likely N-dealkylation sites (N-methyl/N-ethyl adjacent to an activating group) is 1. The lowest BCUT2D eigenvalue weighted by atomic mass is 10.2. The highest BCUT2D eigenvalue weighted by Gasteiger charge is 2.34. The molecule has 1 aliphatic rings. The molecule has 1 unspecified atom stereocenters. The minimum absolute atomic E-state index is 0.104. The molecule has 0 aliphatic carbocycles. The lowest BCUT2D eigenvalue weighted by molar-refractivity contribution is -0.144. The number of rotatable bonds is 6. The zero-order chi connectivity index (χ0) is 22.0. The smallest absolute Gasteiger partial charge is 0.449 e. The number of carbonyl (C=O) groups excluding carboxylic acids is 1. The monoisotopic (exact) mass is 434 g/mol. The van der Waals surface area contributed by atoms with Crippen molar-refractivity contribution < 1.29 is 27.4 Å². The molecule has 0 bridgehead atoms. The maximum Gasteiger partial charge on any atom is 0.449 e. The van der Waals surface area contributed by atoms with Gasteiger partial charge < -0.3 is 19.8 Å². The highest BCUT2D eigenvalue weighted by molar-refractivity contribution is 5.94. The van der Waals surface area contributed by atoms with Crippen LogP contribution in [-0.2, 0) is 11.0 Å². The third kappa shape index (κ3) is 4.91. The van der Waals surface area contributed by atoms with E-state index in [1.54, 1.807) is 0 Å². The van der Waals surface area contributed by atoms with E-state index in [2.05, 4.69) is 15.3 Å². The molecule has 0 saturated heterocycles. The fourth-order valence-electron chi connectivity index (χ4n) is 3.37. The molecule has 1 amide bonds. The number of amides is 1. The van der Waals surface area contributed by atoms with Gasteiger partial charge in [-0.05, 0) is 36.9 Å². The number of imidazole rings is 1. The van der Waals surface area contributed by atoms with E-state index in [9.17, 15) is 18.0 Å². The molecule has 4 rings (SSSR count). The van der Waals surface area contributed by atoms with Crippen LogP contribution in [-0.4, -0.2) is 53.1 Å². The molecule has 164 valence electrons. The predicted molar refractivity (Wildman–Crippen MR) is 108 cm³/mol. The number of hydrogen-bond donors (Lipinski definition) is 2. The number of aromatic nitrogens is 2. The molecule has 1 aliphatic heterocycles. The Morgan fingerprint density at radius 3 is 2.77 bits per heavy atom. The number of alkyl halides is 3. The van der Waals surface area contributed by atoms with Gasteiger partial charge in [-0.25, -0.2) is 4.98 Å². The zero-order valence-electron chi connectivity index (χ0n) is 16.7. The molecule has 0 fully saturated rings. The summed E-state index contributed by atoms with van der Waals surface area (Å²) in [7, 11) is 0. The van der Waals surface area contributed by atoms with Gasteiger partial charge in [-0.3, -0.25) is 9.69 Å². The van der Waals surface area contributed by atoms with Gasteiger partial charge in [0.05, 0.1) is 17.6 Å². The van der Waals surface area contributed by atoms with Crippen LogP contribution in [0, 0.1) is 0 Å². The summed E-state index contributed by atoms with van der Waals surface area (Å²) in [6.07, 6.45) is -4.78. The van der Waals surface area contributed by atoms with Gasteiger partial charge in [0.2, 0.25) is 11.7 Å². The number of ether oxygens (including phenoxy) is 2. The quantitative estimate of drug-likeness (QED) is 0.619. The van der Waals surface area contributed by atoms with Gasteiger partial charge in [0.1, 0.15) is 12.7 Å². The number of nitrogens with one attached hydrogen (secondary N) is 2. The van der Waals surface area contributed by atoms with Gasteiger partial charge in [0.25, 0.3) is 0 Å². The summed E-state index contributed by atoms with van der Waals surface area (Å²) in [4.78, 5) is 20.2. The van der Waals surface area contributed by atoms with E-state index in [1.807, 2.05) is 36.1 Å². The summed E-state index contributed by atoms with van der Waals surface area (Å²) >= 11 is 0. The van der Waals surface area contributed by atoms with Crippen molar-refractivity contribution in [1.82, 2.24) is 14.9 Å². The molecule has 0 spiro atoms. The number of hydrogen-bond acceptors (Lipinski definition) is 5. The van der Waals surface area contributed by atoms with Crippen LogP contribution < -0.4 is 14.8 Å². The van der Waals surface area contributed by atoms with Crippen LogP contribution in [0.25, 0.3) is 11.0 Å². The number of para-hydroxylation sites is 2. The van der Waals surface area contributed by atoms with E-state index >= 15 is 0 Å². The number of fused-ring (bicyclic) bond motifs is 2. The highest BCUT2D eigenvalue weighted by Crippen LogP contribution is 2.31. The maximum atomic E-state index is 12.8. The number of halogens is 3. The van der Waals surface area contributed by atoms with Gasteiger partial charge in [-0.2, -0.15) is 13.2 Å². The van der Waals surface area contributed by atoms with Gasteiger partial charge >= 0.3 is 6.18 Å². The average Bonchev–Trinajstić information content (AvgIpc) is 3.17. The van der Waals surface area contributed by atoms with Crippen LogP contribution in [0.5, 0.6) is 11.5 Å². The number of nitrogens with zero attached hydrogens (tertiary/aromatic N) is 2. The summed E-state index contributed by atoms with van der Waals surface area (Å²) in [6, 6.07) is 11.8. The lowest BCUT2D eigenvalue weighted by Crippen LogP contribution is -2.43. The van der Waals surface area contributed by atoms with Crippen LogP contribution in [0.15, 0.2) is 42.5 Å². The van der Waals surface area contributed by atoms with Crippen molar-refractivity contribution in [2.75, 3.05) is 31.6 Å². The fourth-order valence-corrected chi connectivity index (χ4v) is 3.37. The molecule has 0 saturated carbocycles. The summed E-state index contributed by atoms with van der Waals surface area (Å²) in [5.41, 5.74) is 0.760. The Kier molecular flexibility index (Phi) is 5.73. The Morgan fingerprint density at radius 2 is 2.03 bits per heavy atom. The molecule has 2 N–H and O–H groups in total. The first-order chi connectivity index (χ1) is 14.8. The Morgan fingerprint density at radius 1 is 1.26 bits per heavy atom. The molecule has 7 nitrogen and oxygen atoms in total. The Bertz CT molecular complexity index is 1080. The molecule has 2 aromatic carbocycles. The zero-order valence-corrected chi connectivity index (χ0v) is 16.7. The van der Waals surface area contributed by atoms with Gasteiger partial charge in [-0.1, -0.05) is 19.1 Å². The first kappa shape index (κ1) is 21.0. The molecule has 1 atom stereocenters. The summed E-state index contributed by atoms with van der Waals surface area (Å²) in [5.74, 6) is 0.0149. The van der Waals surface area contributed by atoms with Crippen molar-refractivity contribution in [1.29, 1.82) is 0 Å². The van der Waals surface area contributed by atoms with E-state index in [4.69, 9.17) is 9.47 Å². The minimum Gasteiger partial charge on any atom is -0.486 e. The largest absolute Gasteiger partial charge is 0.486 e. The average molecular weight is 434 g/mol. The second kappa shape index (κ2) is 8.46. The third-order valence-corrected chi connectivity index (χ3v) is 4.88. The SMILES string of the molecule is CCN(CC(=O)Nc1ccc2nc(C(F)(F)F)[nH]c2c1)CC1COc2ccccc2O1. The van der Waals surface area contributed by atoms with Crippen molar-refractivity contribution in [2.24, 2.45) is 0 Å². The van der Waals surface area contributed by atoms with Crippen molar-refractivity contribution in [3.05, 3.63) is 48.3 Å². The fraction of sp³-hybridized carbons (Fsp3) is 0.333. The number of benzene rings is 2. The minimum atomic E-state index is -4.56. The number of anilines is 1. The molecule has 3 aromatic rings. The van der Waals surface area contributed by atoms with Crippen LogP contribution in [0.3, 0.4) is 0 Å². The first-order valence-corrected chi connectivity index (χ1v) is 9.79. The Labute approximate surface area is 176 Å². The molecule has 0 radical (unpaired) electrons. The van der Waals surface area contributed by atoms with Crippen molar-refractivity contribution in [2.45, 2.75) is 19.2 Å². The molecule has 2 heterocycles. The summed E-state index contributed by atoms with van der Waals surface area (Å²) < 4.78 is 50.1. The van der Waals surface area contributed by atoms with E-state index in [0.29, 0.717) is 36.9 Å². The van der Waals surface area contributed by atoms with Crippen LogP contribution >= 0.6 is 0 Å². The topological polar surface area (TPSA) is 79.5 Å². The molecule has 1 aromatic heterocycles. The van der Waals surface area contributed by atoms with Gasteiger partial charge in [0, 0.05) is 12.2 Å². The van der Waals surface area contributed by atoms with E-state index < -0.39 is 12.0 Å². The summed E-state index contributed by atoms with van der Waals surface area (Å²) in [5, 5.41) is 2.72. The van der Waals surface area contributed by atoms with Gasteiger partial charge in [-0.15, -0.1) is 0 Å². The number of H-pyrrole nitrogens is 1. The number of carbonyl (C=O) groups is 1. The second-order valence-electron chi connectivity index (χ2n) is 7.19. The Balaban J connectivity index is 1.36. The molecule has 10 heteroatoms. The van der Waals surface area contributed by atoms with Crippen LogP contribution in [0.4, 0.5) is 18.9 Å². The lowest BCUT2D eigenvalue weighted by Gasteiger charge is -2.30. The van der Waals surface area contributed by atoms with Crippen molar-refractivity contribution in [3.63, 3.8) is 0 Å². The highest BCUT2D eigenvalue weighted by atomic mass is 19.4. The van der Waals surface area contributed by atoms with Crippen molar-refractivity contribution in [3.8, 4) is 11.5 Å². The van der Waals surface area contributed by atoms with E-state index in [-0.39, 0.29) is 29.6 Å². The predicted octanol–water partition coefficient (Wildman–Crippen LogP) is 3.68. The Hall–Kier alpha value is -3.27.